The van der Waals surface area contributed by atoms with Gasteiger partial charge in [0.05, 0.1) is 11.3 Å². The van der Waals surface area contributed by atoms with Crippen molar-refractivity contribution in [1.82, 2.24) is 10.3 Å². The topological polar surface area (TPSA) is 58.3 Å². The molecule has 0 spiro atoms. The zero-order valence-corrected chi connectivity index (χ0v) is 12.0. The number of nitrogens with one attached hydrogen (secondary N) is 1. The number of nitrogens with zero attached hydrogens (tertiary/aromatic N) is 1. The van der Waals surface area contributed by atoms with Crippen LogP contribution in [0.1, 0.15) is 12.1 Å². The standard InChI is InChI=1S/C15H18N2O2S/c18-15(6-7-20-11-15)10-16-8-13-9-19-14(17-13)12-4-2-1-3-5-12/h1-5,9,16,18H,6-8,10-11H2. The van der Waals surface area contributed by atoms with E-state index in [2.05, 4.69) is 10.3 Å². The first-order chi connectivity index (χ1) is 9.75. The van der Waals surface area contributed by atoms with Gasteiger partial charge in [0.25, 0.3) is 0 Å². The molecular weight excluding hydrogens is 272 g/mol. The van der Waals surface area contributed by atoms with Crippen LogP contribution in [0.25, 0.3) is 11.5 Å². The number of thioether (sulfide) groups is 1. The molecular formula is C15H18N2O2S. The Labute approximate surface area is 122 Å². The molecule has 1 atom stereocenters. The summed E-state index contributed by atoms with van der Waals surface area (Å²) in [4.78, 5) is 4.45. The Morgan fingerprint density at radius 3 is 2.95 bits per heavy atom. The number of rotatable bonds is 5. The van der Waals surface area contributed by atoms with Crippen molar-refractivity contribution < 1.29 is 9.52 Å². The minimum absolute atomic E-state index is 0.559. The summed E-state index contributed by atoms with van der Waals surface area (Å²) in [6.07, 6.45) is 2.53. The molecule has 0 bridgehead atoms. The quantitative estimate of drug-likeness (QED) is 0.885. The second kappa shape index (κ2) is 5.99. The number of oxazole rings is 1. The molecule has 1 fully saturated rings. The third kappa shape index (κ3) is 3.23. The molecule has 2 heterocycles. The highest BCUT2D eigenvalue weighted by molar-refractivity contribution is 7.99. The van der Waals surface area contributed by atoms with Crippen molar-refractivity contribution in [3.05, 3.63) is 42.3 Å². The Balaban J connectivity index is 1.55. The Morgan fingerprint density at radius 2 is 2.20 bits per heavy atom. The molecule has 3 rings (SSSR count). The molecule has 1 unspecified atom stereocenters. The monoisotopic (exact) mass is 290 g/mol. The number of hydrogen-bond donors (Lipinski definition) is 2. The van der Waals surface area contributed by atoms with Gasteiger partial charge < -0.3 is 14.8 Å². The van der Waals surface area contributed by atoms with E-state index in [1.165, 1.54) is 0 Å². The summed E-state index contributed by atoms with van der Waals surface area (Å²) in [7, 11) is 0. The lowest BCUT2D eigenvalue weighted by atomic mass is 10.0. The van der Waals surface area contributed by atoms with Crippen LogP contribution in [0.2, 0.25) is 0 Å². The van der Waals surface area contributed by atoms with Crippen LogP contribution in [-0.2, 0) is 6.54 Å². The zero-order valence-electron chi connectivity index (χ0n) is 11.2. The van der Waals surface area contributed by atoms with E-state index in [9.17, 15) is 5.11 Å². The molecule has 0 amide bonds. The first kappa shape index (κ1) is 13.7. The molecule has 1 aromatic heterocycles. The van der Waals surface area contributed by atoms with E-state index >= 15 is 0 Å². The van der Waals surface area contributed by atoms with E-state index in [1.807, 2.05) is 30.3 Å². The Bertz CT molecular complexity index is 550. The molecule has 0 radical (unpaired) electrons. The fraction of sp³-hybridized carbons (Fsp3) is 0.400. The van der Waals surface area contributed by atoms with E-state index in [1.54, 1.807) is 18.0 Å². The van der Waals surface area contributed by atoms with Gasteiger partial charge in [0.15, 0.2) is 0 Å². The lowest BCUT2D eigenvalue weighted by molar-refractivity contribution is 0.0674. The van der Waals surface area contributed by atoms with Crippen LogP contribution in [0.5, 0.6) is 0 Å². The fourth-order valence-corrected chi connectivity index (χ4v) is 3.56. The van der Waals surface area contributed by atoms with Crippen LogP contribution in [0.3, 0.4) is 0 Å². The second-order valence-corrected chi connectivity index (χ2v) is 6.25. The molecule has 0 aliphatic carbocycles. The van der Waals surface area contributed by atoms with Crippen molar-refractivity contribution in [3.8, 4) is 11.5 Å². The summed E-state index contributed by atoms with van der Waals surface area (Å²) in [5.41, 5.74) is 1.28. The Kier molecular flexibility index (Phi) is 4.10. The van der Waals surface area contributed by atoms with Gasteiger partial charge in [-0.3, -0.25) is 0 Å². The molecule has 2 N–H and O–H groups in total. The number of aliphatic hydroxyl groups is 1. The SMILES string of the molecule is OC1(CNCc2coc(-c3ccccc3)n2)CCSC1. The van der Waals surface area contributed by atoms with Crippen molar-refractivity contribution in [2.45, 2.75) is 18.6 Å². The summed E-state index contributed by atoms with van der Waals surface area (Å²) >= 11 is 1.80. The van der Waals surface area contributed by atoms with Gasteiger partial charge in [-0.05, 0) is 24.3 Å². The number of hydrogen-bond acceptors (Lipinski definition) is 5. The molecule has 1 aromatic carbocycles. The predicted octanol–water partition coefficient (Wildman–Crippen LogP) is 2.30. The molecule has 1 aliphatic rings. The molecule has 0 saturated carbocycles. The largest absolute Gasteiger partial charge is 0.444 e. The van der Waals surface area contributed by atoms with E-state index in [-0.39, 0.29) is 0 Å². The van der Waals surface area contributed by atoms with Crippen molar-refractivity contribution in [2.24, 2.45) is 0 Å². The minimum atomic E-state index is -0.559. The molecule has 5 heteroatoms. The summed E-state index contributed by atoms with van der Waals surface area (Å²) in [5, 5.41) is 13.5. The van der Waals surface area contributed by atoms with Gasteiger partial charge in [-0.1, -0.05) is 18.2 Å². The highest BCUT2D eigenvalue weighted by Gasteiger charge is 2.31. The summed E-state index contributed by atoms with van der Waals surface area (Å²) in [6.45, 7) is 1.22. The Hall–Kier alpha value is -1.30. The van der Waals surface area contributed by atoms with Crippen molar-refractivity contribution in [3.63, 3.8) is 0 Å². The van der Waals surface area contributed by atoms with Crippen molar-refractivity contribution >= 4 is 11.8 Å². The van der Waals surface area contributed by atoms with Crippen molar-refractivity contribution in [1.29, 1.82) is 0 Å². The molecule has 106 valence electrons. The third-order valence-electron chi connectivity index (χ3n) is 3.42. The predicted molar refractivity (Wildman–Crippen MR) is 80.5 cm³/mol. The molecule has 1 aliphatic heterocycles. The second-order valence-electron chi connectivity index (χ2n) is 5.14. The van der Waals surface area contributed by atoms with Crippen LogP contribution < -0.4 is 5.32 Å². The highest BCUT2D eigenvalue weighted by Crippen LogP contribution is 2.27. The summed E-state index contributed by atoms with van der Waals surface area (Å²) < 4.78 is 5.48. The average molecular weight is 290 g/mol. The van der Waals surface area contributed by atoms with E-state index < -0.39 is 5.60 Å². The average Bonchev–Trinajstić information content (AvgIpc) is 3.10. The maximum atomic E-state index is 10.2. The van der Waals surface area contributed by atoms with E-state index in [0.29, 0.717) is 19.0 Å². The van der Waals surface area contributed by atoms with Crippen LogP contribution in [-0.4, -0.2) is 33.7 Å². The van der Waals surface area contributed by atoms with Gasteiger partial charge in [-0.15, -0.1) is 0 Å². The number of benzene rings is 1. The first-order valence-corrected chi connectivity index (χ1v) is 7.91. The van der Waals surface area contributed by atoms with Gasteiger partial charge >= 0.3 is 0 Å². The molecule has 4 nitrogen and oxygen atoms in total. The van der Waals surface area contributed by atoms with E-state index in [0.717, 1.165) is 29.2 Å². The highest BCUT2D eigenvalue weighted by atomic mass is 32.2. The van der Waals surface area contributed by atoms with Gasteiger partial charge in [0, 0.05) is 24.4 Å². The normalized spacial score (nSPS) is 22.2. The smallest absolute Gasteiger partial charge is 0.226 e. The van der Waals surface area contributed by atoms with Gasteiger partial charge in [-0.2, -0.15) is 11.8 Å². The van der Waals surface area contributed by atoms with Gasteiger partial charge in [0.1, 0.15) is 6.26 Å². The van der Waals surface area contributed by atoms with Crippen LogP contribution in [0.4, 0.5) is 0 Å². The van der Waals surface area contributed by atoms with Crippen LogP contribution in [0, 0.1) is 0 Å². The lowest BCUT2D eigenvalue weighted by Gasteiger charge is -2.21. The van der Waals surface area contributed by atoms with E-state index in [4.69, 9.17) is 4.42 Å². The maximum absolute atomic E-state index is 10.2. The van der Waals surface area contributed by atoms with Crippen molar-refractivity contribution in [2.75, 3.05) is 18.1 Å². The minimum Gasteiger partial charge on any atom is -0.444 e. The number of aromatic nitrogens is 1. The van der Waals surface area contributed by atoms with Crippen LogP contribution in [0.15, 0.2) is 41.0 Å². The zero-order chi connectivity index (χ0) is 13.8. The van der Waals surface area contributed by atoms with Crippen LogP contribution >= 0.6 is 11.8 Å². The van der Waals surface area contributed by atoms with Gasteiger partial charge in [-0.25, -0.2) is 4.98 Å². The summed E-state index contributed by atoms with van der Waals surface area (Å²) in [6, 6.07) is 9.84. The third-order valence-corrected chi connectivity index (χ3v) is 4.65. The Morgan fingerprint density at radius 1 is 1.35 bits per heavy atom. The molecule has 20 heavy (non-hydrogen) atoms. The first-order valence-electron chi connectivity index (χ1n) is 6.76. The molecule has 1 saturated heterocycles. The lowest BCUT2D eigenvalue weighted by Crippen LogP contribution is -2.40. The summed E-state index contributed by atoms with van der Waals surface area (Å²) in [5.74, 6) is 2.49. The fourth-order valence-electron chi connectivity index (χ4n) is 2.26. The molecule has 2 aromatic rings. The maximum Gasteiger partial charge on any atom is 0.226 e. The van der Waals surface area contributed by atoms with Gasteiger partial charge in [0.2, 0.25) is 5.89 Å².